The number of aromatic nitrogens is 5. The molecule has 126 valence electrons. The zero-order valence-electron chi connectivity index (χ0n) is 14.0. The lowest BCUT2D eigenvalue weighted by molar-refractivity contribution is 0.419. The molecular weight excluding hydrogens is 316 g/mol. The molecule has 0 aliphatic rings. The molecule has 1 aromatic carbocycles. The Morgan fingerprint density at radius 3 is 2.84 bits per heavy atom. The lowest BCUT2D eigenvalue weighted by atomic mass is 10.3. The van der Waals surface area contributed by atoms with Crippen LogP contribution in [0.5, 0.6) is 5.75 Å². The van der Waals surface area contributed by atoms with Gasteiger partial charge in [-0.25, -0.2) is 15.0 Å². The standard InChI is InChI=1S/C18H18N6O/c1-23-14-4-3-5-15(25-2)17(14)22-18(23)21-11-13-6-7-16(20-10-13)24-9-8-19-12-24/h3-10,12H,11H2,1-2H3,(H,21,22). The van der Waals surface area contributed by atoms with Crippen molar-refractivity contribution in [2.24, 2.45) is 7.05 Å². The Kier molecular flexibility index (Phi) is 3.81. The number of benzene rings is 1. The summed E-state index contributed by atoms with van der Waals surface area (Å²) in [5.74, 6) is 2.40. The van der Waals surface area contributed by atoms with Crippen molar-refractivity contribution in [2.45, 2.75) is 6.54 Å². The minimum atomic E-state index is 0.636. The molecule has 0 saturated heterocycles. The number of methoxy groups -OCH3 is 1. The summed E-state index contributed by atoms with van der Waals surface area (Å²) >= 11 is 0. The molecule has 0 aliphatic carbocycles. The van der Waals surface area contributed by atoms with Crippen molar-refractivity contribution < 1.29 is 4.74 Å². The zero-order chi connectivity index (χ0) is 17.2. The quantitative estimate of drug-likeness (QED) is 0.608. The number of para-hydroxylation sites is 1. The maximum absolute atomic E-state index is 5.39. The first-order chi connectivity index (χ1) is 12.3. The predicted molar refractivity (Wildman–Crippen MR) is 96.0 cm³/mol. The van der Waals surface area contributed by atoms with Crippen molar-refractivity contribution in [1.82, 2.24) is 24.1 Å². The van der Waals surface area contributed by atoms with E-state index in [1.807, 2.05) is 58.9 Å². The van der Waals surface area contributed by atoms with Gasteiger partial charge in [0.05, 0.1) is 12.6 Å². The highest BCUT2D eigenvalue weighted by Crippen LogP contribution is 2.27. The Balaban J connectivity index is 1.53. The maximum atomic E-state index is 5.39. The molecule has 0 amide bonds. The van der Waals surface area contributed by atoms with E-state index in [1.54, 1.807) is 19.6 Å². The molecular formula is C18H18N6O. The molecule has 7 nitrogen and oxygen atoms in total. The number of nitrogens with zero attached hydrogens (tertiary/aromatic N) is 5. The van der Waals surface area contributed by atoms with Crippen LogP contribution in [0.4, 0.5) is 5.95 Å². The van der Waals surface area contributed by atoms with Gasteiger partial charge in [-0.3, -0.25) is 4.57 Å². The third-order valence-electron chi connectivity index (χ3n) is 4.12. The molecule has 0 atom stereocenters. The van der Waals surface area contributed by atoms with Gasteiger partial charge in [-0.05, 0) is 23.8 Å². The molecule has 0 unspecified atom stereocenters. The van der Waals surface area contributed by atoms with Crippen LogP contribution in [0, 0.1) is 0 Å². The van der Waals surface area contributed by atoms with Crippen molar-refractivity contribution in [2.75, 3.05) is 12.4 Å². The van der Waals surface area contributed by atoms with Crippen molar-refractivity contribution in [3.8, 4) is 11.6 Å². The molecule has 0 aliphatic heterocycles. The first-order valence-electron chi connectivity index (χ1n) is 7.93. The van der Waals surface area contributed by atoms with E-state index in [1.165, 1.54) is 0 Å². The summed E-state index contributed by atoms with van der Waals surface area (Å²) in [6.07, 6.45) is 7.18. The minimum Gasteiger partial charge on any atom is -0.494 e. The number of rotatable bonds is 5. The van der Waals surface area contributed by atoms with Gasteiger partial charge in [0.15, 0.2) is 0 Å². The fourth-order valence-corrected chi connectivity index (χ4v) is 2.76. The fraction of sp³-hybridized carbons (Fsp3) is 0.167. The van der Waals surface area contributed by atoms with Crippen LogP contribution in [0.15, 0.2) is 55.2 Å². The van der Waals surface area contributed by atoms with Crippen molar-refractivity contribution in [3.05, 3.63) is 60.8 Å². The van der Waals surface area contributed by atoms with E-state index in [0.29, 0.717) is 6.54 Å². The van der Waals surface area contributed by atoms with Gasteiger partial charge in [0.1, 0.15) is 23.4 Å². The van der Waals surface area contributed by atoms with Crippen LogP contribution >= 0.6 is 0 Å². The second-order valence-electron chi connectivity index (χ2n) is 5.67. The molecule has 1 N–H and O–H groups in total. The Hall–Kier alpha value is -3.35. The topological polar surface area (TPSA) is 69.8 Å². The third-order valence-corrected chi connectivity index (χ3v) is 4.12. The van der Waals surface area contributed by atoms with Gasteiger partial charge in [0.25, 0.3) is 0 Å². The highest BCUT2D eigenvalue weighted by atomic mass is 16.5. The molecule has 7 heteroatoms. The first kappa shape index (κ1) is 15.2. The number of ether oxygens (including phenoxy) is 1. The number of nitrogens with one attached hydrogen (secondary N) is 1. The summed E-state index contributed by atoms with van der Waals surface area (Å²) in [5, 5.41) is 3.36. The van der Waals surface area contributed by atoms with Gasteiger partial charge in [-0.2, -0.15) is 0 Å². The van der Waals surface area contributed by atoms with Gasteiger partial charge in [-0.1, -0.05) is 12.1 Å². The number of fused-ring (bicyclic) bond motifs is 1. The van der Waals surface area contributed by atoms with Crippen LogP contribution in [-0.2, 0) is 13.6 Å². The van der Waals surface area contributed by atoms with Gasteiger partial charge in [-0.15, -0.1) is 0 Å². The van der Waals surface area contributed by atoms with Crippen LogP contribution in [0.3, 0.4) is 0 Å². The predicted octanol–water partition coefficient (Wildman–Crippen LogP) is 2.77. The largest absolute Gasteiger partial charge is 0.494 e. The van der Waals surface area contributed by atoms with E-state index in [4.69, 9.17) is 4.74 Å². The van der Waals surface area contributed by atoms with E-state index in [9.17, 15) is 0 Å². The van der Waals surface area contributed by atoms with E-state index in [0.717, 1.165) is 34.1 Å². The molecule has 0 bridgehead atoms. The molecule has 0 radical (unpaired) electrons. The van der Waals surface area contributed by atoms with E-state index in [2.05, 4.69) is 20.3 Å². The second-order valence-corrected chi connectivity index (χ2v) is 5.67. The molecule has 0 saturated carbocycles. The number of hydrogen-bond acceptors (Lipinski definition) is 5. The molecule has 0 fully saturated rings. The number of aryl methyl sites for hydroxylation is 1. The summed E-state index contributed by atoms with van der Waals surface area (Å²) < 4.78 is 9.28. The first-order valence-corrected chi connectivity index (χ1v) is 7.93. The lowest BCUT2D eigenvalue weighted by Crippen LogP contribution is -2.05. The highest BCUT2D eigenvalue weighted by Gasteiger charge is 2.11. The van der Waals surface area contributed by atoms with E-state index < -0.39 is 0 Å². The Morgan fingerprint density at radius 2 is 2.12 bits per heavy atom. The SMILES string of the molecule is COc1cccc2c1nc(NCc1ccc(-n3ccnc3)nc1)n2C. The highest BCUT2D eigenvalue weighted by molar-refractivity contribution is 5.84. The second kappa shape index (κ2) is 6.27. The number of pyridine rings is 1. The monoisotopic (exact) mass is 334 g/mol. The smallest absolute Gasteiger partial charge is 0.204 e. The Morgan fingerprint density at radius 1 is 1.20 bits per heavy atom. The number of hydrogen-bond donors (Lipinski definition) is 1. The van der Waals surface area contributed by atoms with E-state index in [-0.39, 0.29) is 0 Å². The average molecular weight is 334 g/mol. The van der Waals surface area contributed by atoms with E-state index >= 15 is 0 Å². The Bertz CT molecular complexity index is 989. The Labute approximate surface area is 144 Å². The number of anilines is 1. The van der Waals surface area contributed by atoms with Gasteiger partial charge in [0, 0.05) is 32.2 Å². The van der Waals surface area contributed by atoms with Crippen LogP contribution in [0.1, 0.15) is 5.56 Å². The van der Waals surface area contributed by atoms with Gasteiger partial charge < -0.3 is 14.6 Å². The lowest BCUT2D eigenvalue weighted by Gasteiger charge is -2.07. The molecule has 3 aromatic heterocycles. The summed E-state index contributed by atoms with van der Waals surface area (Å²) in [6, 6.07) is 9.91. The number of imidazole rings is 2. The van der Waals surface area contributed by atoms with Crippen LogP contribution < -0.4 is 10.1 Å². The summed E-state index contributed by atoms with van der Waals surface area (Å²) in [5.41, 5.74) is 2.95. The van der Waals surface area contributed by atoms with Crippen molar-refractivity contribution in [1.29, 1.82) is 0 Å². The van der Waals surface area contributed by atoms with Crippen molar-refractivity contribution >= 4 is 17.0 Å². The molecule has 4 rings (SSSR count). The van der Waals surface area contributed by atoms with Crippen molar-refractivity contribution in [3.63, 3.8) is 0 Å². The fourth-order valence-electron chi connectivity index (χ4n) is 2.76. The molecule has 25 heavy (non-hydrogen) atoms. The van der Waals surface area contributed by atoms with Crippen LogP contribution in [-0.4, -0.2) is 31.2 Å². The average Bonchev–Trinajstić information content (AvgIpc) is 3.29. The maximum Gasteiger partial charge on any atom is 0.204 e. The normalized spacial score (nSPS) is 11.0. The third kappa shape index (κ3) is 2.80. The zero-order valence-corrected chi connectivity index (χ0v) is 14.0. The summed E-state index contributed by atoms with van der Waals surface area (Å²) in [4.78, 5) is 13.1. The molecule has 4 aromatic rings. The summed E-state index contributed by atoms with van der Waals surface area (Å²) in [7, 11) is 3.64. The molecule has 3 heterocycles. The van der Waals surface area contributed by atoms with Gasteiger partial charge in [0.2, 0.25) is 5.95 Å². The minimum absolute atomic E-state index is 0.636. The van der Waals surface area contributed by atoms with Gasteiger partial charge >= 0.3 is 0 Å². The van der Waals surface area contributed by atoms with Crippen LogP contribution in [0.25, 0.3) is 16.9 Å². The molecule has 0 spiro atoms. The van der Waals surface area contributed by atoms with Crippen LogP contribution in [0.2, 0.25) is 0 Å². The summed E-state index contributed by atoms with van der Waals surface area (Å²) in [6.45, 7) is 0.636.